The fourth-order valence-corrected chi connectivity index (χ4v) is 3.17. The van der Waals surface area contributed by atoms with E-state index in [1.165, 1.54) is 0 Å². The van der Waals surface area contributed by atoms with Gasteiger partial charge in [-0.05, 0) is 54.9 Å². The van der Waals surface area contributed by atoms with Crippen LogP contribution in [0.15, 0.2) is 48.5 Å². The van der Waals surface area contributed by atoms with Crippen molar-refractivity contribution in [3.63, 3.8) is 0 Å². The minimum atomic E-state index is -0.129. The van der Waals surface area contributed by atoms with Crippen molar-refractivity contribution < 1.29 is 9.53 Å². The number of nitrogens with one attached hydrogen (secondary N) is 1. The summed E-state index contributed by atoms with van der Waals surface area (Å²) in [5, 5.41) is 3.68. The number of hydrogen-bond acceptors (Lipinski definition) is 4. The van der Waals surface area contributed by atoms with Crippen LogP contribution in [0, 0.1) is 0 Å². The molecule has 0 saturated heterocycles. The summed E-state index contributed by atoms with van der Waals surface area (Å²) in [5.41, 5.74) is 9.87. The number of halogens is 1. The molecule has 6 heteroatoms. The standard InChI is InChI=1S/C19H19ClN2O2.C4H11N/c1-24-16-5-2-13(3-6-16)19-10-14(8-9-22(19)12-23)17-11-15(20)4-7-18(17)21;1-4(2)5-3/h2-7,10-12,19H,8-9,21H2,1H3;4-5H,1-3H3. The minimum absolute atomic E-state index is 0.129. The monoisotopic (exact) mass is 415 g/mol. The zero-order valence-electron chi connectivity index (χ0n) is 17.5. The van der Waals surface area contributed by atoms with Crippen molar-refractivity contribution in [2.45, 2.75) is 32.4 Å². The van der Waals surface area contributed by atoms with E-state index in [2.05, 4.69) is 25.2 Å². The Kier molecular flexibility index (Phi) is 8.55. The molecule has 1 atom stereocenters. The summed E-state index contributed by atoms with van der Waals surface area (Å²) in [4.78, 5) is 13.2. The summed E-state index contributed by atoms with van der Waals surface area (Å²) in [6.45, 7) is 4.86. The third-order valence-corrected chi connectivity index (χ3v) is 5.12. The number of ether oxygens (including phenoxy) is 1. The van der Waals surface area contributed by atoms with E-state index in [0.29, 0.717) is 23.3 Å². The number of carbonyl (C=O) groups excluding carboxylic acids is 1. The molecule has 0 saturated carbocycles. The van der Waals surface area contributed by atoms with Crippen LogP contribution in [-0.4, -0.2) is 38.1 Å². The number of benzene rings is 2. The van der Waals surface area contributed by atoms with Crippen molar-refractivity contribution in [1.29, 1.82) is 0 Å². The number of amides is 1. The number of nitrogens with two attached hydrogens (primary N) is 1. The highest BCUT2D eigenvalue weighted by atomic mass is 35.5. The lowest BCUT2D eigenvalue weighted by atomic mass is 9.92. The second kappa shape index (κ2) is 10.9. The second-order valence-electron chi connectivity index (χ2n) is 7.18. The second-order valence-corrected chi connectivity index (χ2v) is 7.61. The summed E-state index contributed by atoms with van der Waals surface area (Å²) in [5.74, 6) is 0.788. The molecule has 2 aromatic rings. The van der Waals surface area contributed by atoms with Crippen molar-refractivity contribution in [2.75, 3.05) is 26.4 Å². The number of nitrogen functional groups attached to an aromatic ring is 1. The molecule has 0 spiro atoms. The lowest BCUT2D eigenvalue weighted by Gasteiger charge is -2.32. The molecule has 2 aromatic carbocycles. The smallest absolute Gasteiger partial charge is 0.210 e. The molecule has 5 nitrogen and oxygen atoms in total. The van der Waals surface area contributed by atoms with Gasteiger partial charge in [-0.25, -0.2) is 0 Å². The average Bonchev–Trinajstić information content (AvgIpc) is 2.75. The van der Waals surface area contributed by atoms with Gasteiger partial charge in [0, 0.05) is 28.9 Å². The number of rotatable bonds is 5. The van der Waals surface area contributed by atoms with Crippen LogP contribution in [0.5, 0.6) is 5.75 Å². The molecule has 0 fully saturated rings. The molecule has 0 radical (unpaired) electrons. The van der Waals surface area contributed by atoms with E-state index in [1.807, 2.05) is 43.4 Å². The number of nitrogens with zero attached hydrogens (tertiary/aromatic N) is 1. The molecule has 0 aromatic heterocycles. The van der Waals surface area contributed by atoms with Gasteiger partial charge in [0.1, 0.15) is 5.75 Å². The zero-order valence-corrected chi connectivity index (χ0v) is 18.2. The van der Waals surface area contributed by atoms with Crippen LogP contribution in [-0.2, 0) is 4.79 Å². The summed E-state index contributed by atoms with van der Waals surface area (Å²) in [6.07, 6.45) is 3.72. The quantitative estimate of drug-likeness (QED) is 0.556. The van der Waals surface area contributed by atoms with E-state index >= 15 is 0 Å². The van der Waals surface area contributed by atoms with E-state index in [9.17, 15) is 4.79 Å². The Bertz CT molecular complexity index is 835. The SMILES string of the molecule is CNC(C)C.COc1ccc(C2C=C(c3cc(Cl)ccc3N)CCN2C=O)cc1. The highest BCUT2D eigenvalue weighted by Crippen LogP contribution is 2.36. The predicted octanol–water partition coefficient (Wildman–Crippen LogP) is 4.53. The van der Waals surface area contributed by atoms with Gasteiger partial charge < -0.3 is 20.7 Å². The molecule has 0 aliphatic carbocycles. The molecule has 0 bridgehead atoms. The van der Waals surface area contributed by atoms with Gasteiger partial charge in [-0.15, -0.1) is 0 Å². The topological polar surface area (TPSA) is 67.6 Å². The van der Waals surface area contributed by atoms with E-state index in [1.54, 1.807) is 18.1 Å². The first kappa shape index (κ1) is 22.8. The van der Waals surface area contributed by atoms with Crippen LogP contribution in [0.1, 0.15) is 37.4 Å². The third-order valence-electron chi connectivity index (χ3n) is 4.89. The first-order valence-electron chi connectivity index (χ1n) is 9.68. The fourth-order valence-electron chi connectivity index (χ4n) is 3.00. The third kappa shape index (κ3) is 6.24. The first-order valence-corrected chi connectivity index (χ1v) is 10.1. The van der Waals surface area contributed by atoms with E-state index < -0.39 is 0 Å². The number of methoxy groups -OCH3 is 1. The van der Waals surface area contributed by atoms with Crippen LogP contribution in [0.4, 0.5) is 5.69 Å². The van der Waals surface area contributed by atoms with Gasteiger partial charge in [0.05, 0.1) is 13.2 Å². The zero-order chi connectivity index (χ0) is 21.4. The first-order chi connectivity index (χ1) is 13.9. The Morgan fingerprint density at radius 2 is 1.90 bits per heavy atom. The molecule has 1 aliphatic heterocycles. The van der Waals surface area contributed by atoms with Crippen molar-refractivity contribution in [1.82, 2.24) is 10.2 Å². The maximum Gasteiger partial charge on any atom is 0.210 e. The molecular formula is C23H30ClN3O2. The normalized spacial score (nSPS) is 16.0. The molecule has 29 heavy (non-hydrogen) atoms. The molecule has 156 valence electrons. The van der Waals surface area contributed by atoms with Crippen LogP contribution in [0.3, 0.4) is 0 Å². The van der Waals surface area contributed by atoms with Gasteiger partial charge in [0.25, 0.3) is 0 Å². The Balaban J connectivity index is 0.000000537. The van der Waals surface area contributed by atoms with E-state index in [-0.39, 0.29) is 6.04 Å². The molecular weight excluding hydrogens is 386 g/mol. The van der Waals surface area contributed by atoms with E-state index in [4.69, 9.17) is 22.1 Å². The maximum atomic E-state index is 11.5. The van der Waals surface area contributed by atoms with Gasteiger partial charge in [-0.2, -0.15) is 0 Å². The molecule has 1 amide bonds. The number of carbonyl (C=O) groups is 1. The average molecular weight is 416 g/mol. The predicted molar refractivity (Wildman–Crippen MR) is 121 cm³/mol. The van der Waals surface area contributed by atoms with Crippen molar-refractivity contribution in [3.8, 4) is 5.75 Å². The van der Waals surface area contributed by atoms with Crippen LogP contribution < -0.4 is 15.8 Å². The Labute approximate surface area is 178 Å². The number of anilines is 1. The van der Waals surface area contributed by atoms with Gasteiger partial charge in [-0.1, -0.05) is 43.7 Å². The summed E-state index contributed by atoms with van der Waals surface area (Å²) in [6, 6.07) is 13.7. The maximum absolute atomic E-state index is 11.5. The lowest BCUT2D eigenvalue weighted by molar-refractivity contribution is -0.119. The van der Waals surface area contributed by atoms with Gasteiger partial charge in [0.15, 0.2) is 0 Å². The molecule has 1 heterocycles. The largest absolute Gasteiger partial charge is 0.497 e. The molecule has 3 rings (SSSR count). The van der Waals surface area contributed by atoms with Crippen LogP contribution in [0.2, 0.25) is 5.02 Å². The Morgan fingerprint density at radius 3 is 2.45 bits per heavy atom. The summed E-state index contributed by atoms with van der Waals surface area (Å²) in [7, 11) is 3.58. The van der Waals surface area contributed by atoms with Crippen molar-refractivity contribution in [2.24, 2.45) is 0 Å². The van der Waals surface area contributed by atoms with Gasteiger partial charge in [0.2, 0.25) is 6.41 Å². The van der Waals surface area contributed by atoms with Gasteiger partial charge >= 0.3 is 0 Å². The number of hydrogen-bond donors (Lipinski definition) is 2. The Morgan fingerprint density at radius 1 is 1.24 bits per heavy atom. The summed E-state index contributed by atoms with van der Waals surface area (Å²) >= 11 is 6.12. The van der Waals surface area contributed by atoms with Gasteiger partial charge in [-0.3, -0.25) is 4.79 Å². The Hall–Kier alpha value is -2.50. The van der Waals surface area contributed by atoms with Crippen molar-refractivity contribution >= 4 is 29.3 Å². The highest BCUT2D eigenvalue weighted by molar-refractivity contribution is 6.30. The summed E-state index contributed by atoms with van der Waals surface area (Å²) < 4.78 is 5.20. The minimum Gasteiger partial charge on any atom is -0.497 e. The lowest BCUT2D eigenvalue weighted by Crippen LogP contribution is -2.30. The van der Waals surface area contributed by atoms with E-state index in [0.717, 1.165) is 35.3 Å². The van der Waals surface area contributed by atoms with Crippen molar-refractivity contribution in [3.05, 3.63) is 64.7 Å². The van der Waals surface area contributed by atoms with Crippen LogP contribution in [0.25, 0.3) is 5.57 Å². The van der Waals surface area contributed by atoms with Crippen LogP contribution >= 0.6 is 11.6 Å². The fraction of sp³-hybridized carbons (Fsp3) is 0.348. The molecule has 1 aliphatic rings. The highest BCUT2D eigenvalue weighted by Gasteiger charge is 2.23. The molecule has 3 N–H and O–H groups in total. The molecule has 1 unspecified atom stereocenters.